The van der Waals surface area contributed by atoms with Crippen molar-refractivity contribution in [1.82, 2.24) is 5.32 Å². The van der Waals surface area contributed by atoms with E-state index < -0.39 is 34.6 Å². The van der Waals surface area contributed by atoms with E-state index in [1.54, 1.807) is 0 Å². The topological polar surface area (TPSA) is 58.6 Å². The summed E-state index contributed by atoms with van der Waals surface area (Å²) >= 11 is 0. The molecule has 1 atom stereocenters. The molecule has 8 heteroatoms. The second-order valence-corrected chi connectivity index (χ2v) is 4.90. The fourth-order valence-corrected chi connectivity index (χ4v) is 1.95. The molecule has 1 amide bonds. The number of hydrogen-bond acceptors (Lipinski definition) is 3. The quantitative estimate of drug-likeness (QED) is 0.836. The highest BCUT2D eigenvalue weighted by molar-refractivity contribution is 5.94. The lowest BCUT2D eigenvalue weighted by Crippen LogP contribution is -2.43. The number of ether oxygens (including phenoxy) is 1. The minimum absolute atomic E-state index is 0.0123. The van der Waals surface area contributed by atoms with E-state index in [1.807, 2.05) is 0 Å². The SMILES string of the molecule is O=C(NCC1(O)CCOC1)c1cc(C(F)(F)F)ccc1F. The zero-order valence-electron chi connectivity index (χ0n) is 10.8. The van der Waals surface area contributed by atoms with Crippen molar-refractivity contribution in [2.75, 3.05) is 19.8 Å². The summed E-state index contributed by atoms with van der Waals surface area (Å²) < 4.78 is 56.1. The van der Waals surface area contributed by atoms with Crippen molar-refractivity contribution in [1.29, 1.82) is 0 Å². The van der Waals surface area contributed by atoms with Crippen LogP contribution in [0.15, 0.2) is 18.2 Å². The number of benzene rings is 1. The largest absolute Gasteiger partial charge is 0.416 e. The van der Waals surface area contributed by atoms with Gasteiger partial charge in [-0.1, -0.05) is 0 Å². The van der Waals surface area contributed by atoms with Gasteiger partial charge in [0, 0.05) is 19.6 Å². The summed E-state index contributed by atoms with van der Waals surface area (Å²) in [5, 5.41) is 12.2. The molecular formula is C13H13F4NO3. The highest BCUT2D eigenvalue weighted by atomic mass is 19.4. The molecule has 1 aromatic carbocycles. The summed E-state index contributed by atoms with van der Waals surface area (Å²) in [5.74, 6) is -2.07. The third-order valence-corrected chi connectivity index (χ3v) is 3.20. The average molecular weight is 307 g/mol. The number of hydrogen-bond donors (Lipinski definition) is 2. The maximum absolute atomic E-state index is 13.5. The summed E-state index contributed by atoms with van der Waals surface area (Å²) in [5.41, 5.74) is -3.10. The van der Waals surface area contributed by atoms with E-state index in [0.29, 0.717) is 31.2 Å². The first-order chi connectivity index (χ1) is 9.71. The summed E-state index contributed by atoms with van der Waals surface area (Å²) in [6.07, 6.45) is -4.38. The highest BCUT2D eigenvalue weighted by Gasteiger charge is 2.34. The van der Waals surface area contributed by atoms with Crippen molar-refractivity contribution in [3.8, 4) is 0 Å². The lowest BCUT2D eigenvalue weighted by Gasteiger charge is -2.20. The monoisotopic (exact) mass is 307 g/mol. The van der Waals surface area contributed by atoms with Gasteiger partial charge < -0.3 is 15.2 Å². The number of rotatable bonds is 3. The van der Waals surface area contributed by atoms with Crippen LogP contribution in [0, 0.1) is 5.82 Å². The minimum atomic E-state index is -4.67. The summed E-state index contributed by atoms with van der Waals surface area (Å²) in [6.45, 7) is 0.115. The Bertz CT molecular complexity index is 539. The summed E-state index contributed by atoms with van der Waals surface area (Å²) in [4.78, 5) is 11.8. The molecule has 0 radical (unpaired) electrons. The Hall–Kier alpha value is -1.67. The molecule has 4 nitrogen and oxygen atoms in total. The van der Waals surface area contributed by atoms with Gasteiger partial charge in [-0.15, -0.1) is 0 Å². The maximum atomic E-state index is 13.5. The van der Waals surface area contributed by atoms with Gasteiger partial charge in [-0.25, -0.2) is 4.39 Å². The number of carbonyl (C=O) groups excluding carboxylic acids is 1. The van der Waals surface area contributed by atoms with E-state index in [4.69, 9.17) is 4.74 Å². The normalized spacial score (nSPS) is 22.3. The molecule has 1 aliphatic heterocycles. The molecule has 116 valence electrons. The summed E-state index contributed by atoms with van der Waals surface area (Å²) in [7, 11) is 0. The fourth-order valence-electron chi connectivity index (χ4n) is 1.95. The molecular weight excluding hydrogens is 294 g/mol. The van der Waals surface area contributed by atoms with E-state index in [9.17, 15) is 27.5 Å². The van der Waals surface area contributed by atoms with Gasteiger partial charge in [0.15, 0.2) is 0 Å². The van der Waals surface area contributed by atoms with Gasteiger partial charge in [-0.05, 0) is 18.2 Å². The molecule has 2 rings (SSSR count). The lowest BCUT2D eigenvalue weighted by molar-refractivity contribution is -0.137. The number of carbonyl (C=O) groups is 1. The van der Waals surface area contributed by atoms with Crippen molar-refractivity contribution < 1.29 is 32.2 Å². The van der Waals surface area contributed by atoms with Crippen LogP contribution in [-0.2, 0) is 10.9 Å². The number of amides is 1. The second kappa shape index (κ2) is 5.61. The van der Waals surface area contributed by atoms with Gasteiger partial charge in [0.2, 0.25) is 0 Å². The lowest BCUT2D eigenvalue weighted by atomic mass is 10.0. The van der Waals surface area contributed by atoms with Gasteiger partial charge in [0.25, 0.3) is 5.91 Å². The molecule has 2 N–H and O–H groups in total. The molecule has 1 saturated heterocycles. The molecule has 1 aliphatic rings. The number of halogens is 4. The van der Waals surface area contributed by atoms with Gasteiger partial charge in [0.1, 0.15) is 11.4 Å². The Morgan fingerprint density at radius 1 is 1.43 bits per heavy atom. The molecule has 0 saturated carbocycles. The van der Waals surface area contributed by atoms with Crippen molar-refractivity contribution in [3.05, 3.63) is 35.1 Å². The van der Waals surface area contributed by atoms with Crippen LogP contribution in [-0.4, -0.2) is 36.4 Å². The zero-order chi connectivity index (χ0) is 15.7. The van der Waals surface area contributed by atoms with Crippen LogP contribution in [0.1, 0.15) is 22.3 Å². The van der Waals surface area contributed by atoms with Crippen LogP contribution in [0.5, 0.6) is 0 Å². The van der Waals surface area contributed by atoms with Gasteiger partial charge in [-0.2, -0.15) is 13.2 Å². The average Bonchev–Trinajstić information content (AvgIpc) is 2.83. The molecule has 0 aromatic heterocycles. The molecule has 0 aliphatic carbocycles. The molecule has 1 unspecified atom stereocenters. The van der Waals surface area contributed by atoms with Gasteiger partial charge in [-0.3, -0.25) is 4.79 Å². The smallest absolute Gasteiger partial charge is 0.386 e. The van der Waals surface area contributed by atoms with Crippen molar-refractivity contribution in [3.63, 3.8) is 0 Å². The molecule has 1 heterocycles. The first-order valence-electron chi connectivity index (χ1n) is 6.16. The van der Waals surface area contributed by atoms with Gasteiger partial charge >= 0.3 is 6.18 Å². The number of nitrogens with one attached hydrogen (secondary N) is 1. The predicted molar refractivity (Wildman–Crippen MR) is 64.1 cm³/mol. The van der Waals surface area contributed by atoms with Crippen molar-refractivity contribution in [2.45, 2.75) is 18.2 Å². The van der Waals surface area contributed by atoms with E-state index in [-0.39, 0.29) is 13.2 Å². The maximum Gasteiger partial charge on any atom is 0.416 e. The van der Waals surface area contributed by atoms with E-state index >= 15 is 0 Å². The molecule has 0 spiro atoms. The first kappa shape index (κ1) is 15.7. The van der Waals surface area contributed by atoms with Crippen molar-refractivity contribution >= 4 is 5.91 Å². The van der Waals surface area contributed by atoms with Crippen LogP contribution >= 0.6 is 0 Å². The Morgan fingerprint density at radius 2 is 2.14 bits per heavy atom. The van der Waals surface area contributed by atoms with Crippen LogP contribution in [0.4, 0.5) is 17.6 Å². The van der Waals surface area contributed by atoms with Gasteiger partial charge in [0.05, 0.1) is 17.7 Å². The van der Waals surface area contributed by atoms with Crippen LogP contribution in [0.2, 0.25) is 0 Å². The number of alkyl halides is 3. The standard InChI is InChI=1S/C13H13F4NO3/c14-10-2-1-8(13(15,16)17)5-9(10)11(19)18-6-12(20)3-4-21-7-12/h1-2,5,20H,3-4,6-7H2,(H,18,19). The third kappa shape index (κ3) is 3.70. The Labute approximate surface area is 117 Å². The first-order valence-corrected chi connectivity index (χ1v) is 6.16. The Kier molecular flexibility index (Phi) is 4.20. The van der Waals surface area contributed by atoms with E-state index in [2.05, 4.69) is 5.32 Å². The van der Waals surface area contributed by atoms with E-state index in [0.717, 1.165) is 0 Å². The number of aliphatic hydroxyl groups is 1. The minimum Gasteiger partial charge on any atom is -0.386 e. The van der Waals surface area contributed by atoms with Crippen LogP contribution < -0.4 is 5.32 Å². The Balaban J connectivity index is 2.11. The highest BCUT2D eigenvalue weighted by Crippen LogP contribution is 2.30. The molecule has 21 heavy (non-hydrogen) atoms. The second-order valence-electron chi connectivity index (χ2n) is 4.90. The van der Waals surface area contributed by atoms with Crippen LogP contribution in [0.25, 0.3) is 0 Å². The van der Waals surface area contributed by atoms with Crippen LogP contribution in [0.3, 0.4) is 0 Å². The zero-order valence-corrected chi connectivity index (χ0v) is 10.8. The van der Waals surface area contributed by atoms with Crippen molar-refractivity contribution in [2.24, 2.45) is 0 Å². The Morgan fingerprint density at radius 3 is 2.71 bits per heavy atom. The van der Waals surface area contributed by atoms with E-state index in [1.165, 1.54) is 0 Å². The third-order valence-electron chi connectivity index (χ3n) is 3.20. The summed E-state index contributed by atoms with van der Waals surface area (Å²) in [6, 6.07) is 1.59. The predicted octanol–water partition coefficient (Wildman–Crippen LogP) is 1.73. The fraction of sp³-hybridized carbons (Fsp3) is 0.462. The molecule has 1 aromatic rings. The molecule has 0 bridgehead atoms. The molecule has 1 fully saturated rings.